The van der Waals surface area contributed by atoms with Crippen LogP contribution >= 0.6 is 11.6 Å². The molecule has 0 unspecified atom stereocenters. The van der Waals surface area contributed by atoms with E-state index in [0.29, 0.717) is 30.2 Å². The van der Waals surface area contributed by atoms with Gasteiger partial charge in [-0.15, -0.1) is 0 Å². The van der Waals surface area contributed by atoms with Crippen molar-refractivity contribution in [3.8, 4) is 5.75 Å². The summed E-state index contributed by atoms with van der Waals surface area (Å²) in [6.45, 7) is 0.888. The summed E-state index contributed by atoms with van der Waals surface area (Å²) >= 11 is 5.85. The third kappa shape index (κ3) is 6.28. The van der Waals surface area contributed by atoms with Crippen LogP contribution in [0, 0.1) is 5.92 Å². The van der Waals surface area contributed by atoms with Gasteiger partial charge in [0, 0.05) is 32.2 Å². The maximum Gasteiger partial charge on any atom is 0.243 e. The van der Waals surface area contributed by atoms with E-state index in [1.807, 2.05) is 0 Å². The minimum absolute atomic E-state index is 0.111. The standard InChI is InChI=1S/C22H28ClN3O6S2/c1-25(2)33(28,29)20-11-7-19(8-12-20)32-15-13-24-22(27)17-4-3-14-26(16-17)34(30,31)21-9-5-18(23)6-10-21/h5-12,17H,3-4,13-16H2,1-2H3,(H,24,27)/t17-/m0/s1. The number of piperidine rings is 1. The van der Waals surface area contributed by atoms with Crippen molar-refractivity contribution >= 4 is 37.6 Å². The first kappa shape index (κ1) is 26.4. The zero-order valence-electron chi connectivity index (χ0n) is 19.0. The maximum atomic E-state index is 12.9. The molecule has 3 rings (SSSR count). The van der Waals surface area contributed by atoms with Crippen molar-refractivity contribution in [2.45, 2.75) is 22.6 Å². The zero-order valence-corrected chi connectivity index (χ0v) is 21.4. The molecule has 9 nitrogen and oxygen atoms in total. The summed E-state index contributed by atoms with van der Waals surface area (Å²) in [5, 5.41) is 3.24. The van der Waals surface area contributed by atoms with Crippen molar-refractivity contribution in [2.24, 2.45) is 5.92 Å². The summed E-state index contributed by atoms with van der Waals surface area (Å²) in [5.41, 5.74) is 0. The molecular formula is C22H28ClN3O6S2. The Morgan fingerprint density at radius 1 is 1.06 bits per heavy atom. The monoisotopic (exact) mass is 529 g/mol. The lowest BCUT2D eigenvalue weighted by molar-refractivity contribution is -0.126. The van der Waals surface area contributed by atoms with Crippen molar-refractivity contribution < 1.29 is 26.4 Å². The second kappa shape index (κ2) is 11.0. The van der Waals surface area contributed by atoms with E-state index in [1.54, 1.807) is 12.1 Å². The van der Waals surface area contributed by atoms with E-state index < -0.39 is 26.0 Å². The van der Waals surface area contributed by atoms with Gasteiger partial charge in [-0.2, -0.15) is 4.31 Å². The van der Waals surface area contributed by atoms with Crippen LogP contribution in [0.3, 0.4) is 0 Å². The van der Waals surface area contributed by atoms with Gasteiger partial charge in [0.05, 0.1) is 22.3 Å². The fourth-order valence-electron chi connectivity index (χ4n) is 3.54. The molecule has 1 heterocycles. The first-order valence-corrected chi connectivity index (χ1v) is 14.0. The molecule has 1 aliphatic rings. The molecule has 1 aliphatic heterocycles. The van der Waals surface area contributed by atoms with Gasteiger partial charge in [-0.3, -0.25) is 4.79 Å². The molecule has 34 heavy (non-hydrogen) atoms. The van der Waals surface area contributed by atoms with Crippen molar-refractivity contribution in [3.05, 3.63) is 53.6 Å². The molecular weight excluding hydrogens is 502 g/mol. The average molecular weight is 530 g/mol. The van der Waals surface area contributed by atoms with Crippen LogP contribution < -0.4 is 10.1 Å². The highest BCUT2D eigenvalue weighted by atomic mass is 35.5. The quantitative estimate of drug-likeness (QED) is 0.498. The zero-order chi connectivity index (χ0) is 24.9. The van der Waals surface area contributed by atoms with Crippen LogP contribution in [-0.2, 0) is 24.8 Å². The van der Waals surface area contributed by atoms with E-state index in [9.17, 15) is 21.6 Å². The normalized spacial score (nSPS) is 17.5. The summed E-state index contributed by atoms with van der Waals surface area (Å²) in [5.74, 6) is -0.205. The molecule has 2 aromatic rings. The van der Waals surface area contributed by atoms with Gasteiger partial charge in [0.25, 0.3) is 0 Å². The Morgan fingerprint density at radius 3 is 2.29 bits per heavy atom. The Morgan fingerprint density at radius 2 is 1.68 bits per heavy atom. The molecule has 1 atom stereocenters. The van der Waals surface area contributed by atoms with Crippen molar-refractivity contribution in [1.82, 2.24) is 13.9 Å². The predicted molar refractivity (Wildman–Crippen MR) is 129 cm³/mol. The first-order valence-electron chi connectivity index (χ1n) is 10.7. The van der Waals surface area contributed by atoms with Gasteiger partial charge in [0.1, 0.15) is 12.4 Å². The van der Waals surface area contributed by atoms with Crippen LogP contribution in [0.2, 0.25) is 5.02 Å². The number of amides is 1. The van der Waals surface area contributed by atoms with Gasteiger partial charge in [0.15, 0.2) is 0 Å². The fourth-order valence-corrected chi connectivity index (χ4v) is 6.09. The number of nitrogens with one attached hydrogen (secondary N) is 1. The highest BCUT2D eigenvalue weighted by molar-refractivity contribution is 7.89. The molecule has 186 valence electrons. The minimum atomic E-state index is -3.70. The number of nitrogens with zero attached hydrogens (tertiary/aromatic N) is 2. The van der Waals surface area contributed by atoms with E-state index >= 15 is 0 Å². The lowest BCUT2D eigenvalue weighted by atomic mass is 9.99. The molecule has 1 N–H and O–H groups in total. The van der Waals surface area contributed by atoms with E-state index in [4.69, 9.17) is 16.3 Å². The Balaban J connectivity index is 1.49. The van der Waals surface area contributed by atoms with Crippen LogP contribution in [0.5, 0.6) is 5.75 Å². The summed E-state index contributed by atoms with van der Waals surface area (Å²) in [4.78, 5) is 12.9. The molecule has 1 amide bonds. The molecule has 0 aliphatic carbocycles. The van der Waals surface area contributed by atoms with E-state index in [-0.39, 0.29) is 35.4 Å². The van der Waals surface area contributed by atoms with Gasteiger partial charge in [-0.25, -0.2) is 21.1 Å². The third-order valence-corrected chi connectivity index (χ3v) is 9.44. The molecule has 1 fully saturated rings. The van der Waals surface area contributed by atoms with Gasteiger partial charge in [-0.05, 0) is 61.4 Å². The second-order valence-electron chi connectivity index (χ2n) is 8.05. The summed E-state index contributed by atoms with van der Waals surface area (Å²) in [7, 11) is -4.29. The summed E-state index contributed by atoms with van der Waals surface area (Å²) in [6, 6.07) is 12.0. The van der Waals surface area contributed by atoms with Crippen LogP contribution in [0.25, 0.3) is 0 Å². The molecule has 0 radical (unpaired) electrons. The van der Waals surface area contributed by atoms with Crippen LogP contribution in [0.1, 0.15) is 12.8 Å². The largest absolute Gasteiger partial charge is 0.492 e. The molecule has 2 aromatic carbocycles. The fraction of sp³-hybridized carbons (Fsp3) is 0.409. The number of sulfonamides is 2. The van der Waals surface area contributed by atoms with Crippen LogP contribution in [-0.4, -0.2) is 71.7 Å². The smallest absolute Gasteiger partial charge is 0.243 e. The van der Waals surface area contributed by atoms with Gasteiger partial charge in [-0.1, -0.05) is 11.6 Å². The second-order valence-corrected chi connectivity index (χ2v) is 12.6. The number of hydrogen-bond acceptors (Lipinski definition) is 6. The van der Waals surface area contributed by atoms with E-state index in [2.05, 4.69) is 5.32 Å². The molecule has 1 saturated heterocycles. The third-order valence-electron chi connectivity index (χ3n) is 5.48. The lowest BCUT2D eigenvalue weighted by Gasteiger charge is -2.31. The number of hydrogen-bond donors (Lipinski definition) is 1. The number of rotatable bonds is 9. The first-order chi connectivity index (χ1) is 16.0. The summed E-state index contributed by atoms with van der Waals surface area (Å²) < 4.78 is 58.0. The number of carbonyl (C=O) groups excluding carboxylic acids is 1. The number of halogens is 1. The average Bonchev–Trinajstić information content (AvgIpc) is 2.82. The Labute approximate surface area is 205 Å². The Bertz CT molecular complexity index is 1200. The van der Waals surface area contributed by atoms with Crippen LogP contribution in [0.15, 0.2) is 58.3 Å². The van der Waals surface area contributed by atoms with E-state index in [0.717, 1.165) is 4.31 Å². The maximum absolute atomic E-state index is 12.9. The lowest BCUT2D eigenvalue weighted by Crippen LogP contribution is -2.45. The highest BCUT2D eigenvalue weighted by Crippen LogP contribution is 2.25. The van der Waals surface area contributed by atoms with E-state index in [1.165, 1.54) is 54.8 Å². The minimum Gasteiger partial charge on any atom is -0.492 e. The molecule has 12 heteroatoms. The van der Waals surface area contributed by atoms with Gasteiger partial charge in [0.2, 0.25) is 26.0 Å². The molecule has 0 saturated carbocycles. The topological polar surface area (TPSA) is 113 Å². The number of ether oxygens (including phenoxy) is 1. The predicted octanol–water partition coefficient (Wildman–Crippen LogP) is 2.19. The molecule has 0 bridgehead atoms. The SMILES string of the molecule is CN(C)S(=O)(=O)c1ccc(OCCNC(=O)[C@H]2CCCN(S(=O)(=O)c3ccc(Cl)cc3)C2)cc1. The van der Waals surface area contributed by atoms with Gasteiger partial charge >= 0.3 is 0 Å². The highest BCUT2D eigenvalue weighted by Gasteiger charge is 2.33. The number of carbonyl (C=O) groups is 1. The summed E-state index contributed by atoms with van der Waals surface area (Å²) in [6.07, 6.45) is 1.19. The Kier molecular flexibility index (Phi) is 8.58. The number of benzene rings is 2. The van der Waals surface area contributed by atoms with Crippen molar-refractivity contribution in [1.29, 1.82) is 0 Å². The molecule has 0 spiro atoms. The van der Waals surface area contributed by atoms with Crippen LogP contribution in [0.4, 0.5) is 0 Å². The van der Waals surface area contributed by atoms with Gasteiger partial charge < -0.3 is 10.1 Å². The molecule has 0 aromatic heterocycles. The van der Waals surface area contributed by atoms with Crippen molar-refractivity contribution in [2.75, 3.05) is 40.3 Å². The van der Waals surface area contributed by atoms with Crippen molar-refractivity contribution in [3.63, 3.8) is 0 Å². The Hall–Kier alpha value is -2.18.